The Balaban J connectivity index is 2.18. The summed E-state index contributed by atoms with van der Waals surface area (Å²) in [6, 6.07) is 16.9. The third kappa shape index (κ3) is 1.93. The van der Waals surface area contributed by atoms with Gasteiger partial charge in [0.25, 0.3) is 0 Å². The zero-order valence-electron chi connectivity index (χ0n) is 10.2. The molecule has 3 rings (SSSR count). The molecule has 1 aliphatic heterocycles. The highest BCUT2D eigenvalue weighted by molar-refractivity contribution is 5.93. The number of hydrogen-bond donors (Lipinski definition) is 0. The standard InChI is InChI=1S/C16H12O3/c17-10-13-15(11-6-2-1-3-7-11)12-8-4-5-9-14(12)19-16(13)18/h1-10,13,15H. The smallest absolute Gasteiger partial charge is 0.322 e. The second-order valence-electron chi connectivity index (χ2n) is 4.51. The maximum atomic E-state index is 11.9. The van der Waals surface area contributed by atoms with E-state index in [4.69, 9.17) is 4.74 Å². The molecule has 3 nitrogen and oxygen atoms in total. The molecular formula is C16H12O3. The van der Waals surface area contributed by atoms with Crippen LogP contribution < -0.4 is 4.74 Å². The Morgan fingerprint density at radius 3 is 2.37 bits per heavy atom. The average molecular weight is 252 g/mol. The van der Waals surface area contributed by atoms with E-state index in [1.54, 1.807) is 6.07 Å². The Kier molecular flexibility index (Phi) is 2.88. The number of ether oxygens (including phenoxy) is 1. The molecule has 3 heteroatoms. The highest BCUT2D eigenvalue weighted by atomic mass is 16.5. The number of fused-ring (bicyclic) bond motifs is 1. The number of carbonyl (C=O) groups is 2. The molecule has 0 amide bonds. The van der Waals surface area contributed by atoms with Crippen LogP contribution in [0.4, 0.5) is 0 Å². The lowest BCUT2D eigenvalue weighted by molar-refractivity contribution is -0.142. The molecule has 19 heavy (non-hydrogen) atoms. The molecule has 0 fully saturated rings. The molecule has 0 N–H and O–H groups in total. The van der Waals surface area contributed by atoms with Crippen LogP contribution in [0.5, 0.6) is 5.75 Å². The number of esters is 1. The monoisotopic (exact) mass is 252 g/mol. The van der Waals surface area contributed by atoms with E-state index in [1.807, 2.05) is 48.5 Å². The van der Waals surface area contributed by atoms with Crippen molar-refractivity contribution in [2.75, 3.05) is 0 Å². The molecule has 2 unspecified atom stereocenters. The molecule has 0 saturated heterocycles. The lowest BCUT2D eigenvalue weighted by Crippen LogP contribution is -2.33. The van der Waals surface area contributed by atoms with Crippen LogP contribution in [0.2, 0.25) is 0 Å². The normalized spacial score (nSPS) is 21.4. The molecule has 0 saturated carbocycles. The van der Waals surface area contributed by atoms with Crippen molar-refractivity contribution < 1.29 is 14.3 Å². The van der Waals surface area contributed by atoms with Gasteiger partial charge in [0.15, 0.2) is 0 Å². The summed E-state index contributed by atoms with van der Waals surface area (Å²) in [6.07, 6.45) is 0.677. The topological polar surface area (TPSA) is 43.4 Å². The van der Waals surface area contributed by atoms with Crippen molar-refractivity contribution in [2.24, 2.45) is 5.92 Å². The van der Waals surface area contributed by atoms with Gasteiger partial charge in [0, 0.05) is 11.5 Å². The molecule has 0 radical (unpaired) electrons. The van der Waals surface area contributed by atoms with E-state index in [9.17, 15) is 9.59 Å². The van der Waals surface area contributed by atoms with Crippen LogP contribution in [-0.4, -0.2) is 12.3 Å². The molecular weight excluding hydrogens is 240 g/mol. The average Bonchev–Trinajstić information content (AvgIpc) is 2.46. The fourth-order valence-corrected chi connectivity index (χ4v) is 2.52. The maximum absolute atomic E-state index is 11.9. The summed E-state index contributed by atoms with van der Waals surface area (Å²) in [7, 11) is 0. The van der Waals surface area contributed by atoms with Crippen molar-refractivity contribution in [2.45, 2.75) is 5.92 Å². The zero-order valence-corrected chi connectivity index (χ0v) is 10.2. The Hall–Kier alpha value is -2.42. The minimum Gasteiger partial charge on any atom is -0.426 e. The highest BCUT2D eigenvalue weighted by Gasteiger charge is 2.38. The first-order chi connectivity index (χ1) is 9.31. The van der Waals surface area contributed by atoms with Crippen LogP contribution in [0, 0.1) is 5.92 Å². The van der Waals surface area contributed by atoms with Crippen molar-refractivity contribution in [3.63, 3.8) is 0 Å². The maximum Gasteiger partial charge on any atom is 0.322 e. The van der Waals surface area contributed by atoms with Gasteiger partial charge in [-0.15, -0.1) is 0 Å². The number of hydrogen-bond acceptors (Lipinski definition) is 3. The first-order valence-electron chi connectivity index (χ1n) is 6.12. The zero-order chi connectivity index (χ0) is 13.2. The second kappa shape index (κ2) is 4.69. The van der Waals surface area contributed by atoms with E-state index in [2.05, 4.69) is 0 Å². The molecule has 0 aromatic heterocycles. The summed E-state index contributed by atoms with van der Waals surface area (Å²) in [5, 5.41) is 0. The van der Waals surface area contributed by atoms with Crippen molar-refractivity contribution in [3.05, 3.63) is 65.7 Å². The Bertz CT molecular complexity index is 619. The van der Waals surface area contributed by atoms with Crippen LogP contribution in [0.15, 0.2) is 54.6 Å². The number of carbonyl (C=O) groups excluding carboxylic acids is 2. The van der Waals surface area contributed by atoms with E-state index >= 15 is 0 Å². The predicted octanol–water partition coefficient (Wildman–Crippen LogP) is 2.55. The summed E-state index contributed by atoms with van der Waals surface area (Å²) >= 11 is 0. The molecule has 94 valence electrons. The number of benzene rings is 2. The predicted molar refractivity (Wildman–Crippen MR) is 69.9 cm³/mol. The minimum atomic E-state index is -0.780. The van der Waals surface area contributed by atoms with Gasteiger partial charge in [-0.05, 0) is 11.6 Å². The fraction of sp³-hybridized carbons (Fsp3) is 0.125. The summed E-state index contributed by atoms with van der Waals surface area (Å²) in [5.41, 5.74) is 1.83. The van der Waals surface area contributed by atoms with Gasteiger partial charge in [0.2, 0.25) is 0 Å². The van der Waals surface area contributed by atoms with Crippen molar-refractivity contribution in [1.29, 1.82) is 0 Å². The van der Waals surface area contributed by atoms with E-state index in [0.29, 0.717) is 12.0 Å². The highest BCUT2D eigenvalue weighted by Crippen LogP contribution is 2.40. The first-order valence-corrected chi connectivity index (χ1v) is 6.12. The van der Waals surface area contributed by atoms with Crippen molar-refractivity contribution in [1.82, 2.24) is 0 Å². The quantitative estimate of drug-likeness (QED) is 0.357. The molecule has 0 spiro atoms. The van der Waals surface area contributed by atoms with E-state index in [-0.39, 0.29) is 5.92 Å². The van der Waals surface area contributed by atoms with Gasteiger partial charge >= 0.3 is 5.97 Å². The Labute approximate surface area is 110 Å². The van der Waals surface area contributed by atoms with Crippen LogP contribution >= 0.6 is 0 Å². The number of para-hydroxylation sites is 1. The van der Waals surface area contributed by atoms with Crippen LogP contribution in [-0.2, 0) is 9.59 Å². The molecule has 2 atom stereocenters. The third-order valence-electron chi connectivity index (χ3n) is 3.40. The summed E-state index contributed by atoms with van der Waals surface area (Å²) in [6.45, 7) is 0. The molecule has 1 heterocycles. The van der Waals surface area contributed by atoms with Gasteiger partial charge in [0.05, 0.1) is 0 Å². The molecule has 2 aromatic carbocycles. The second-order valence-corrected chi connectivity index (χ2v) is 4.51. The largest absolute Gasteiger partial charge is 0.426 e. The van der Waals surface area contributed by atoms with Gasteiger partial charge in [-0.3, -0.25) is 4.79 Å². The number of rotatable bonds is 2. The molecule has 0 bridgehead atoms. The van der Waals surface area contributed by atoms with Gasteiger partial charge in [0.1, 0.15) is 18.0 Å². The molecule has 2 aromatic rings. The van der Waals surface area contributed by atoms with Crippen LogP contribution in [0.25, 0.3) is 0 Å². The summed E-state index contributed by atoms with van der Waals surface area (Å²) in [4.78, 5) is 23.2. The van der Waals surface area contributed by atoms with E-state index in [1.165, 1.54) is 0 Å². The molecule has 0 aliphatic carbocycles. The Morgan fingerprint density at radius 2 is 1.63 bits per heavy atom. The van der Waals surface area contributed by atoms with Gasteiger partial charge < -0.3 is 9.53 Å². The van der Waals surface area contributed by atoms with E-state index in [0.717, 1.165) is 11.1 Å². The van der Waals surface area contributed by atoms with E-state index < -0.39 is 11.9 Å². The van der Waals surface area contributed by atoms with Gasteiger partial charge in [-0.2, -0.15) is 0 Å². The SMILES string of the molecule is O=CC1C(=O)Oc2ccccc2C1c1ccccc1. The summed E-state index contributed by atoms with van der Waals surface area (Å²) < 4.78 is 5.22. The summed E-state index contributed by atoms with van der Waals surface area (Å²) in [5.74, 6) is -0.990. The van der Waals surface area contributed by atoms with Gasteiger partial charge in [-0.1, -0.05) is 48.5 Å². The van der Waals surface area contributed by atoms with Crippen molar-refractivity contribution >= 4 is 12.3 Å². The lowest BCUT2D eigenvalue weighted by atomic mass is 9.79. The minimum absolute atomic E-state index is 0.267. The number of aldehydes is 1. The third-order valence-corrected chi connectivity index (χ3v) is 3.40. The molecule has 1 aliphatic rings. The van der Waals surface area contributed by atoms with Crippen LogP contribution in [0.1, 0.15) is 17.0 Å². The first kappa shape index (κ1) is 11.7. The lowest BCUT2D eigenvalue weighted by Gasteiger charge is -2.29. The van der Waals surface area contributed by atoms with Crippen LogP contribution in [0.3, 0.4) is 0 Å². The van der Waals surface area contributed by atoms with Gasteiger partial charge in [-0.25, -0.2) is 0 Å². The fourth-order valence-electron chi connectivity index (χ4n) is 2.52. The van der Waals surface area contributed by atoms with Crippen molar-refractivity contribution in [3.8, 4) is 5.75 Å². The Morgan fingerprint density at radius 1 is 0.947 bits per heavy atom.